The van der Waals surface area contributed by atoms with Crippen molar-refractivity contribution in [1.82, 2.24) is 10.4 Å². The highest BCUT2D eigenvalue weighted by Crippen LogP contribution is 2.66. The molecular formula is C33H44N2O4. The van der Waals surface area contributed by atoms with Crippen LogP contribution in [0.15, 0.2) is 47.2 Å². The zero-order valence-corrected chi connectivity index (χ0v) is 23.9. The van der Waals surface area contributed by atoms with E-state index in [-0.39, 0.29) is 16.8 Å². The molecule has 0 spiro atoms. The number of allylic oxidation sites excluding steroid dienone is 3. The third kappa shape index (κ3) is 4.88. The second-order valence-corrected chi connectivity index (χ2v) is 13.1. The van der Waals surface area contributed by atoms with Crippen LogP contribution in [-0.4, -0.2) is 43.0 Å². The molecule has 1 aromatic carbocycles. The summed E-state index contributed by atoms with van der Waals surface area (Å²) in [6.45, 7) is 11.3. The van der Waals surface area contributed by atoms with Crippen molar-refractivity contribution < 1.29 is 19.2 Å². The fraction of sp³-hybridized carbons (Fsp3) is 0.636. The number of nitrogens with zero attached hydrogens (tertiary/aromatic N) is 1. The average Bonchev–Trinajstić information content (AvgIpc) is 3.30. The Hall–Kier alpha value is -2.44. The SMILES string of the molecule is C/C(NOC(=O)c1ccc(CN2CCOCC2)cc1)=C1\CC[C@H]2[C@@H]3CCC4=CC(=O)CC[C@]4(C)[C@H]3CC[C@]12C. The van der Waals surface area contributed by atoms with E-state index in [1.165, 1.54) is 42.4 Å². The highest BCUT2D eigenvalue weighted by atomic mass is 16.7. The van der Waals surface area contributed by atoms with E-state index in [2.05, 4.69) is 31.2 Å². The van der Waals surface area contributed by atoms with Gasteiger partial charge in [-0.15, -0.1) is 0 Å². The van der Waals surface area contributed by atoms with Crippen molar-refractivity contribution in [2.75, 3.05) is 26.3 Å². The highest BCUT2D eigenvalue weighted by Gasteiger charge is 2.57. The van der Waals surface area contributed by atoms with Crippen LogP contribution >= 0.6 is 0 Å². The number of ketones is 1. The molecule has 6 rings (SSSR count). The lowest BCUT2D eigenvalue weighted by Gasteiger charge is -2.57. The minimum atomic E-state index is -0.345. The lowest BCUT2D eigenvalue weighted by Crippen LogP contribution is -2.49. The second-order valence-electron chi connectivity index (χ2n) is 13.1. The van der Waals surface area contributed by atoms with Crippen LogP contribution in [0.3, 0.4) is 0 Å². The van der Waals surface area contributed by atoms with E-state index in [1.807, 2.05) is 30.3 Å². The average molecular weight is 533 g/mol. The van der Waals surface area contributed by atoms with E-state index in [4.69, 9.17) is 9.57 Å². The predicted octanol–water partition coefficient (Wildman–Crippen LogP) is 5.99. The van der Waals surface area contributed by atoms with Gasteiger partial charge in [-0.3, -0.25) is 9.69 Å². The largest absolute Gasteiger partial charge is 0.379 e. The van der Waals surface area contributed by atoms with Crippen LogP contribution in [0.2, 0.25) is 0 Å². The summed E-state index contributed by atoms with van der Waals surface area (Å²) in [5, 5.41) is 0. The summed E-state index contributed by atoms with van der Waals surface area (Å²) in [5.74, 6) is 2.03. The van der Waals surface area contributed by atoms with Crippen molar-refractivity contribution >= 4 is 11.8 Å². The molecular weight excluding hydrogens is 488 g/mol. The molecule has 0 amide bonds. The normalized spacial score (nSPS) is 35.8. The Balaban J connectivity index is 1.10. The molecule has 5 atom stereocenters. The van der Waals surface area contributed by atoms with Gasteiger partial charge in [0.1, 0.15) is 0 Å². The third-order valence-electron chi connectivity index (χ3n) is 11.2. The summed E-state index contributed by atoms with van der Waals surface area (Å²) < 4.78 is 5.43. The molecule has 0 bridgehead atoms. The molecule has 1 heterocycles. The van der Waals surface area contributed by atoms with Crippen LogP contribution in [0, 0.1) is 28.6 Å². The Kier molecular flexibility index (Phi) is 7.22. The van der Waals surface area contributed by atoms with E-state index in [1.54, 1.807) is 0 Å². The maximum Gasteiger partial charge on any atom is 0.362 e. The van der Waals surface area contributed by atoms with E-state index >= 15 is 0 Å². The number of hydroxylamine groups is 1. The lowest BCUT2D eigenvalue weighted by molar-refractivity contribution is -0.117. The zero-order chi connectivity index (χ0) is 27.2. The van der Waals surface area contributed by atoms with E-state index in [9.17, 15) is 9.59 Å². The van der Waals surface area contributed by atoms with Crippen LogP contribution < -0.4 is 5.48 Å². The maximum atomic E-state index is 12.8. The standard InChI is InChI=1S/C33H44N2O4/c1-22(34-39-31(37)24-6-4-23(5-7-24)21-35-16-18-38-19-17-35)28-10-11-29-27-9-8-25-20-26(36)12-14-32(25,2)30(27)13-15-33(28,29)3/h4-7,20,27,29-30,34H,8-19,21H2,1-3H3/b28-22-/t27-,29-,30-,32-,33+/m0/s1. The van der Waals surface area contributed by atoms with Gasteiger partial charge < -0.3 is 9.57 Å². The highest BCUT2D eigenvalue weighted by molar-refractivity contribution is 5.91. The van der Waals surface area contributed by atoms with Gasteiger partial charge in [0.2, 0.25) is 0 Å². The van der Waals surface area contributed by atoms with Crippen molar-refractivity contribution in [1.29, 1.82) is 0 Å². The number of ether oxygens (including phenoxy) is 1. The smallest absolute Gasteiger partial charge is 0.362 e. The van der Waals surface area contributed by atoms with Crippen molar-refractivity contribution in [2.45, 2.75) is 78.7 Å². The first-order valence-corrected chi connectivity index (χ1v) is 15.1. The molecule has 4 fully saturated rings. The van der Waals surface area contributed by atoms with Gasteiger partial charge in [-0.05, 0) is 110 Å². The van der Waals surface area contributed by atoms with Crippen molar-refractivity contribution in [2.24, 2.45) is 28.6 Å². The van der Waals surface area contributed by atoms with E-state index in [0.717, 1.165) is 57.8 Å². The third-order valence-corrected chi connectivity index (χ3v) is 11.2. The molecule has 1 aliphatic heterocycles. The zero-order valence-electron chi connectivity index (χ0n) is 23.9. The Morgan fingerprint density at radius 3 is 2.51 bits per heavy atom. The Morgan fingerprint density at radius 2 is 1.74 bits per heavy atom. The van der Waals surface area contributed by atoms with Gasteiger partial charge >= 0.3 is 5.97 Å². The summed E-state index contributed by atoms with van der Waals surface area (Å²) in [6, 6.07) is 7.77. The van der Waals surface area contributed by atoms with Crippen molar-refractivity contribution in [3.8, 4) is 0 Å². The number of hydrogen-bond donors (Lipinski definition) is 1. The van der Waals surface area contributed by atoms with Crippen LogP contribution in [0.5, 0.6) is 0 Å². The van der Waals surface area contributed by atoms with Crippen molar-refractivity contribution in [3.05, 3.63) is 58.3 Å². The van der Waals surface area contributed by atoms with Crippen LogP contribution in [0.4, 0.5) is 0 Å². The minimum Gasteiger partial charge on any atom is -0.379 e. The van der Waals surface area contributed by atoms with Gasteiger partial charge in [-0.1, -0.05) is 31.6 Å². The molecule has 1 saturated heterocycles. The second kappa shape index (κ2) is 10.5. The minimum absolute atomic E-state index is 0.147. The summed E-state index contributed by atoms with van der Waals surface area (Å²) in [4.78, 5) is 33.0. The number of morpholine rings is 1. The van der Waals surface area contributed by atoms with Crippen molar-refractivity contribution in [3.63, 3.8) is 0 Å². The first-order chi connectivity index (χ1) is 18.8. The van der Waals surface area contributed by atoms with Crippen LogP contribution in [0.1, 0.15) is 88.1 Å². The summed E-state index contributed by atoms with van der Waals surface area (Å²) >= 11 is 0. The Morgan fingerprint density at radius 1 is 1.00 bits per heavy atom. The molecule has 1 N–H and O–H groups in total. The molecule has 3 saturated carbocycles. The van der Waals surface area contributed by atoms with Gasteiger partial charge in [-0.25, -0.2) is 10.3 Å². The maximum absolute atomic E-state index is 12.8. The molecule has 6 nitrogen and oxygen atoms in total. The summed E-state index contributed by atoms with van der Waals surface area (Å²) in [7, 11) is 0. The number of carbonyl (C=O) groups excluding carboxylic acids is 2. The number of benzene rings is 1. The number of hydrogen-bond acceptors (Lipinski definition) is 6. The molecule has 0 aromatic heterocycles. The first-order valence-electron chi connectivity index (χ1n) is 15.1. The number of carbonyl (C=O) groups is 2. The van der Waals surface area contributed by atoms with Gasteiger partial charge in [0.15, 0.2) is 5.78 Å². The fourth-order valence-corrected chi connectivity index (χ4v) is 9.00. The summed E-state index contributed by atoms with van der Waals surface area (Å²) in [5.41, 5.74) is 9.02. The van der Waals surface area contributed by atoms with Crippen LogP contribution in [-0.2, 0) is 20.9 Å². The number of fused-ring (bicyclic) bond motifs is 5. The van der Waals surface area contributed by atoms with Gasteiger partial charge in [0.25, 0.3) is 0 Å². The van der Waals surface area contributed by atoms with Crippen LogP contribution in [0.25, 0.3) is 0 Å². The Labute approximate surface area is 233 Å². The molecule has 4 aliphatic carbocycles. The van der Waals surface area contributed by atoms with Gasteiger partial charge in [0, 0.05) is 31.8 Å². The molecule has 210 valence electrons. The topological polar surface area (TPSA) is 67.9 Å². The fourth-order valence-electron chi connectivity index (χ4n) is 9.00. The van der Waals surface area contributed by atoms with E-state index < -0.39 is 0 Å². The summed E-state index contributed by atoms with van der Waals surface area (Å²) in [6.07, 6.45) is 10.7. The van der Waals surface area contributed by atoms with Gasteiger partial charge in [0.05, 0.1) is 18.8 Å². The lowest BCUT2D eigenvalue weighted by atomic mass is 9.47. The molecule has 0 radical (unpaired) electrons. The Bertz CT molecular complexity index is 1180. The molecule has 1 aromatic rings. The quantitative estimate of drug-likeness (QED) is 0.470. The molecule has 0 unspecified atom stereocenters. The molecule has 39 heavy (non-hydrogen) atoms. The van der Waals surface area contributed by atoms with Gasteiger partial charge in [-0.2, -0.15) is 0 Å². The number of nitrogens with one attached hydrogen (secondary N) is 1. The predicted molar refractivity (Wildman–Crippen MR) is 150 cm³/mol. The number of rotatable bonds is 5. The monoisotopic (exact) mass is 532 g/mol. The molecule has 6 heteroatoms. The molecule has 5 aliphatic rings. The first kappa shape index (κ1) is 26.8. The van der Waals surface area contributed by atoms with E-state index in [0.29, 0.717) is 35.5 Å².